The second kappa shape index (κ2) is 6.44. The van der Waals surface area contributed by atoms with Gasteiger partial charge in [-0.1, -0.05) is 39.5 Å². The minimum absolute atomic E-state index is 0.0907. The third-order valence-corrected chi connectivity index (χ3v) is 2.70. The highest BCUT2D eigenvalue weighted by Crippen LogP contribution is 2.16. The minimum Gasteiger partial charge on any atom is -0.461 e. The zero-order valence-electron chi connectivity index (χ0n) is 9.66. The summed E-state index contributed by atoms with van der Waals surface area (Å²) in [6.07, 6.45) is 7.40. The highest BCUT2D eigenvalue weighted by molar-refractivity contribution is 5.94. The summed E-state index contributed by atoms with van der Waals surface area (Å²) >= 11 is 0. The van der Waals surface area contributed by atoms with Crippen molar-refractivity contribution in [3.8, 4) is 0 Å². The van der Waals surface area contributed by atoms with E-state index in [2.05, 4.69) is 6.92 Å². The molecule has 0 aliphatic rings. The van der Waals surface area contributed by atoms with Crippen molar-refractivity contribution in [3.05, 3.63) is 24.2 Å². The maximum absolute atomic E-state index is 11.8. The summed E-state index contributed by atoms with van der Waals surface area (Å²) in [6.45, 7) is 4.17. The molecule has 0 amide bonds. The van der Waals surface area contributed by atoms with Crippen molar-refractivity contribution in [3.63, 3.8) is 0 Å². The molecule has 0 aliphatic carbocycles. The summed E-state index contributed by atoms with van der Waals surface area (Å²) in [7, 11) is 0. The monoisotopic (exact) mass is 208 g/mol. The average Bonchev–Trinajstić information content (AvgIpc) is 2.76. The van der Waals surface area contributed by atoms with E-state index in [9.17, 15) is 4.79 Å². The molecule has 15 heavy (non-hydrogen) atoms. The number of unbranched alkanes of at least 4 members (excludes halogenated alkanes) is 3. The van der Waals surface area contributed by atoms with Crippen LogP contribution >= 0.6 is 0 Å². The summed E-state index contributed by atoms with van der Waals surface area (Å²) in [6, 6.07) is 3.50. The van der Waals surface area contributed by atoms with Gasteiger partial charge in [0.05, 0.1) is 6.26 Å². The van der Waals surface area contributed by atoms with Crippen molar-refractivity contribution in [1.29, 1.82) is 0 Å². The molecule has 0 aliphatic heterocycles. The largest absolute Gasteiger partial charge is 0.461 e. The third kappa shape index (κ3) is 3.90. The van der Waals surface area contributed by atoms with E-state index in [0.717, 1.165) is 12.8 Å². The van der Waals surface area contributed by atoms with Gasteiger partial charge < -0.3 is 4.42 Å². The van der Waals surface area contributed by atoms with Gasteiger partial charge in [-0.2, -0.15) is 0 Å². The third-order valence-electron chi connectivity index (χ3n) is 2.70. The standard InChI is InChI=1S/C13H20O2/c1-3-4-5-6-8-11(2)13(14)12-9-7-10-15-12/h7,9-11H,3-6,8H2,1-2H3. The van der Waals surface area contributed by atoms with Gasteiger partial charge in [0, 0.05) is 5.92 Å². The Bertz CT molecular complexity index is 275. The molecule has 2 heteroatoms. The Morgan fingerprint density at radius 2 is 2.20 bits per heavy atom. The van der Waals surface area contributed by atoms with Gasteiger partial charge in [0.1, 0.15) is 0 Å². The summed E-state index contributed by atoms with van der Waals surface area (Å²) in [4.78, 5) is 11.8. The Morgan fingerprint density at radius 1 is 1.40 bits per heavy atom. The first-order valence-corrected chi connectivity index (χ1v) is 5.83. The van der Waals surface area contributed by atoms with Crippen molar-refractivity contribution in [1.82, 2.24) is 0 Å². The van der Waals surface area contributed by atoms with Gasteiger partial charge in [-0.25, -0.2) is 0 Å². The number of hydrogen-bond acceptors (Lipinski definition) is 2. The van der Waals surface area contributed by atoms with E-state index in [1.54, 1.807) is 18.4 Å². The topological polar surface area (TPSA) is 30.2 Å². The molecule has 0 saturated heterocycles. The summed E-state index contributed by atoms with van der Waals surface area (Å²) < 4.78 is 5.09. The van der Waals surface area contributed by atoms with Crippen molar-refractivity contribution < 1.29 is 9.21 Å². The van der Waals surface area contributed by atoms with Gasteiger partial charge in [-0.3, -0.25) is 4.79 Å². The molecule has 0 N–H and O–H groups in total. The summed E-state index contributed by atoms with van der Waals surface area (Å²) in [5.41, 5.74) is 0. The van der Waals surface area contributed by atoms with Crippen LogP contribution in [-0.4, -0.2) is 5.78 Å². The van der Waals surface area contributed by atoms with E-state index in [0.29, 0.717) is 5.76 Å². The Morgan fingerprint density at radius 3 is 2.80 bits per heavy atom. The number of furan rings is 1. The van der Waals surface area contributed by atoms with Crippen molar-refractivity contribution in [2.24, 2.45) is 5.92 Å². The summed E-state index contributed by atoms with van der Waals surface area (Å²) in [5.74, 6) is 0.725. The van der Waals surface area contributed by atoms with Crippen LogP contribution in [0.15, 0.2) is 22.8 Å². The second-order valence-electron chi connectivity index (χ2n) is 4.09. The molecular weight excluding hydrogens is 188 g/mol. The second-order valence-corrected chi connectivity index (χ2v) is 4.09. The van der Waals surface area contributed by atoms with Gasteiger partial charge in [0.2, 0.25) is 5.78 Å². The fourth-order valence-corrected chi connectivity index (χ4v) is 1.67. The van der Waals surface area contributed by atoms with Crippen molar-refractivity contribution in [2.45, 2.75) is 46.0 Å². The number of ketones is 1. The molecule has 0 aromatic carbocycles. The summed E-state index contributed by atoms with van der Waals surface area (Å²) in [5, 5.41) is 0. The fourth-order valence-electron chi connectivity index (χ4n) is 1.67. The highest BCUT2D eigenvalue weighted by atomic mass is 16.3. The normalized spacial score (nSPS) is 12.7. The molecule has 0 bridgehead atoms. The first-order chi connectivity index (χ1) is 7.25. The number of carbonyl (C=O) groups is 1. The number of carbonyl (C=O) groups excluding carboxylic acids is 1. The number of rotatable bonds is 7. The first kappa shape index (κ1) is 12.0. The molecule has 0 fully saturated rings. The molecule has 2 nitrogen and oxygen atoms in total. The molecule has 84 valence electrons. The first-order valence-electron chi connectivity index (χ1n) is 5.83. The fraction of sp³-hybridized carbons (Fsp3) is 0.615. The lowest BCUT2D eigenvalue weighted by molar-refractivity contribution is 0.0894. The Labute approximate surface area is 91.7 Å². The molecule has 1 rings (SSSR count). The van der Waals surface area contributed by atoms with Crippen LogP contribution in [0.5, 0.6) is 0 Å². The number of Topliss-reactive ketones (excluding diaryl/α,β-unsaturated/α-hetero) is 1. The molecule has 1 atom stereocenters. The quantitative estimate of drug-likeness (QED) is 0.499. The smallest absolute Gasteiger partial charge is 0.200 e. The molecule has 1 heterocycles. The van der Waals surface area contributed by atoms with Crippen LogP contribution in [-0.2, 0) is 0 Å². The van der Waals surface area contributed by atoms with Gasteiger partial charge >= 0.3 is 0 Å². The van der Waals surface area contributed by atoms with E-state index in [1.807, 2.05) is 6.92 Å². The minimum atomic E-state index is 0.0907. The van der Waals surface area contributed by atoms with E-state index < -0.39 is 0 Å². The lowest BCUT2D eigenvalue weighted by Crippen LogP contribution is -2.10. The van der Waals surface area contributed by atoms with Crippen LogP contribution in [0.4, 0.5) is 0 Å². The maximum Gasteiger partial charge on any atom is 0.200 e. The molecule has 1 aromatic heterocycles. The molecular formula is C13H20O2. The maximum atomic E-state index is 11.8. The van der Waals surface area contributed by atoms with Crippen molar-refractivity contribution >= 4 is 5.78 Å². The predicted octanol–water partition coefficient (Wildman–Crippen LogP) is 4.07. The number of hydrogen-bond donors (Lipinski definition) is 0. The molecule has 1 unspecified atom stereocenters. The van der Waals surface area contributed by atoms with Crippen LogP contribution in [0.1, 0.15) is 56.5 Å². The van der Waals surface area contributed by atoms with Crippen LogP contribution in [0.3, 0.4) is 0 Å². The van der Waals surface area contributed by atoms with Gasteiger partial charge in [-0.05, 0) is 18.6 Å². The molecule has 1 aromatic rings. The van der Waals surface area contributed by atoms with Gasteiger partial charge in [0.15, 0.2) is 5.76 Å². The molecule has 0 spiro atoms. The SMILES string of the molecule is CCCCCCC(C)C(=O)c1ccco1. The Balaban J connectivity index is 2.28. The zero-order valence-corrected chi connectivity index (χ0v) is 9.66. The highest BCUT2D eigenvalue weighted by Gasteiger charge is 2.16. The van der Waals surface area contributed by atoms with Crippen LogP contribution in [0.2, 0.25) is 0 Å². The van der Waals surface area contributed by atoms with E-state index in [4.69, 9.17) is 4.42 Å². The van der Waals surface area contributed by atoms with Crippen molar-refractivity contribution in [2.75, 3.05) is 0 Å². The van der Waals surface area contributed by atoms with Crippen LogP contribution in [0, 0.1) is 5.92 Å². The average molecular weight is 208 g/mol. The van der Waals surface area contributed by atoms with Gasteiger partial charge in [-0.15, -0.1) is 0 Å². The Hall–Kier alpha value is -1.05. The van der Waals surface area contributed by atoms with E-state index in [1.165, 1.54) is 19.3 Å². The molecule has 0 saturated carbocycles. The Kier molecular flexibility index (Phi) is 5.16. The lowest BCUT2D eigenvalue weighted by Gasteiger charge is -2.07. The van der Waals surface area contributed by atoms with Crippen LogP contribution in [0.25, 0.3) is 0 Å². The van der Waals surface area contributed by atoms with Gasteiger partial charge in [0.25, 0.3) is 0 Å². The molecule has 0 radical (unpaired) electrons. The van der Waals surface area contributed by atoms with E-state index in [-0.39, 0.29) is 11.7 Å². The van der Waals surface area contributed by atoms with Crippen LogP contribution < -0.4 is 0 Å². The predicted molar refractivity (Wildman–Crippen MR) is 61.0 cm³/mol. The van der Waals surface area contributed by atoms with E-state index >= 15 is 0 Å². The zero-order chi connectivity index (χ0) is 11.1. The lowest BCUT2D eigenvalue weighted by atomic mass is 9.97.